The van der Waals surface area contributed by atoms with E-state index in [-0.39, 0.29) is 6.42 Å². The van der Waals surface area contributed by atoms with Gasteiger partial charge in [0.2, 0.25) is 0 Å². The van der Waals surface area contributed by atoms with Gasteiger partial charge < -0.3 is 9.67 Å². The Labute approximate surface area is 99.2 Å². The molecule has 0 fully saturated rings. The number of carboxylic acid groups (broad SMARTS) is 1. The lowest BCUT2D eigenvalue weighted by Gasteiger charge is -2.03. The maximum absolute atomic E-state index is 10.5. The number of imidazole rings is 1. The molecule has 1 aliphatic heterocycles. The van der Waals surface area contributed by atoms with E-state index in [9.17, 15) is 4.79 Å². The minimum Gasteiger partial charge on any atom is -0.481 e. The molecule has 0 radical (unpaired) electrons. The third-order valence-corrected chi connectivity index (χ3v) is 3.33. The first-order valence-electron chi connectivity index (χ1n) is 5.64. The molecular formula is C11H15ClN2O2. The second-order valence-electron chi connectivity index (χ2n) is 4.12. The van der Waals surface area contributed by atoms with E-state index in [2.05, 4.69) is 4.98 Å². The first-order chi connectivity index (χ1) is 7.68. The van der Waals surface area contributed by atoms with Gasteiger partial charge in [0.25, 0.3) is 0 Å². The van der Waals surface area contributed by atoms with Gasteiger partial charge in [0.1, 0.15) is 11.0 Å². The molecule has 5 heteroatoms. The number of rotatable bonds is 3. The number of carboxylic acids is 1. The number of hydrogen-bond donors (Lipinski definition) is 1. The number of carbonyl (C=O) groups is 1. The monoisotopic (exact) mass is 242 g/mol. The van der Waals surface area contributed by atoms with E-state index in [0.29, 0.717) is 11.6 Å². The fraction of sp³-hybridized carbons (Fsp3) is 0.636. The van der Waals surface area contributed by atoms with Crippen molar-refractivity contribution in [3.63, 3.8) is 0 Å². The van der Waals surface area contributed by atoms with Crippen molar-refractivity contribution >= 4 is 17.6 Å². The Balaban J connectivity index is 2.18. The maximum atomic E-state index is 10.5. The molecule has 2 heterocycles. The standard InChI is InChI=1S/C11H15ClN2O2/c12-11-8(5-6-10(15)16)13-9-4-2-1-3-7-14(9)11/h1-7H2,(H,15,16). The third kappa shape index (κ3) is 2.38. The van der Waals surface area contributed by atoms with Gasteiger partial charge >= 0.3 is 5.97 Å². The fourth-order valence-corrected chi connectivity index (χ4v) is 2.38. The smallest absolute Gasteiger partial charge is 0.303 e. The summed E-state index contributed by atoms with van der Waals surface area (Å²) in [7, 11) is 0. The molecular weight excluding hydrogens is 228 g/mol. The molecule has 0 saturated heterocycles. The predicted octanol–water partition coefficient (Wildman–Crippen LogP) is 2.28. The van der Waals surface area contributed by atoms with Crippen molar-refractivity contribution in [3.8, 4) is 0 Å². The van der Waals surface area contributed by atoms with Gasteiger partial charge in [-0.25, -0.2) is 4.98 Å². The molecule has 0 spiro atoms. The second kappa shape index (κ2) is 4.87. The molecule has 1 N–H and O–H groups in total. The average molecular weight is 243 g/mol. The van der Waals surface area contributed by atoms with Crippen molar-refractivity contribution in [2.24, 2.45) is 0 Å². The van der Waals surface area contributed by atoms with Crippen LogP contribution in [0.2, 0.25) is 5.15 Å². The third-order valence-electron chi connectivity index (χ3n) is 2.91. The largest absolute Gasteiger partial charge is 0.481 e. The Kier molecular flexibility index (Phi) is 3.49. The lowest BCUT2D eigenvalue weighted by atomic mass is 10.2. The number of aryl methyl sites for hydroxylation is 2. The lowest BCUT2D eigenvalue weighted by molar-refractivity contribution is -0.136. The Morgan fingerprint density at radius 1 is 1.44 bits per heavy atom. The van der Waals surface area contributed by atoms with E-state index < -0.39 is 5.97 Å². The zero-order valence-corrected chi connectivity index (χ0v) is 9.83. The van der Waals surface area contributed by atoms with Crippen molar-refractivity contribution in [2.75, 3.05) is 0 Å². The molecule has 0 aliphatic carbocycles. The van der Waals surface area contributed by atoms with E-state index in [1.54, 1.807) is 0 Å². The van der Waals surface area contributed by atoms with Gasteiger partial charge in [-0.2, -0.15) is 0 Å². The van der Waals surface area contributed by atoms with Crippen LogP contribution in [0.25, 0.3) is 0 Å². The van der Waals surface area contributed by atoms with Gasteiger partial charge in [-0.15, -0.1) is 0 Å². The number of nitrogens with zero attached hydrogens (tertiary/aromatic N) is 2. The molecule has 16 heavy (non-hydrogen) atoms. The van der Waals surface area contributed by atoms with Crippen LogP contribution in [0.15, 0.2) is 0 Å². The molecule has 0 bridgehead atoms. The van der Waals surface area contributed by atoms with Crippen molar-refractivity contribution < 1.29 is 9.90 Å². The Bertz CT molecular complexity index is 401. The predicted molar refractivity (Wildman–Crippen MR) is 60.7 cm³/mol. The Morgan fingerprint density at radius 3 is 3.00 bits per heavy atom. The first kappa shape index (κ1) is 11.5. The number of aliphatic carboxylic acids is 1. The normalized spacial score (nSPS) is 15.6. The number of hydrogen-bond acceptors (Lipinski definition) is 2. The van der Waals surface area contributed by atoms with Crippen LogP contribution in [-0.4, -0.2) is 20.6 Å². The van der Waals surface area contributed by atoms with Crippen LogP contribution < -0.4 is 0 Å². The van der Waals surface area contributed by atoms with E-state index in [0.717, 1.165) is 37.3 Å². The molecule has 0 saturated carbocycles. The Hall–Kier alpha value is -1.03. The fourth-order valence-electron chi connectivity index (χ4n) is 2.06. The summed E-state index contributed by atoms with van der Waals surface area (Å²) in [6.45, 7) is 0.911. The zero-order chi connectivity index (χ0) is 11.5. The number of halogens is 1. The van der Waals surface area contributed by atoms with Crippen LogP contribution in [0, 0.1) is 0 Å². The van der Waals surface area contributed by atoms with Crippen LogP contribution in [0.5, 0.6) is 0 Å². The summed E-state index contributed by atoms with van der Waals surface area (Å²) in [5.74, 6) is 0.210. The van der Waals surface area contributed by atoms with Gasteiger partial charge in [0.15, 0.2) is 0 Å². The van der Waals surface area contributed by atoms with Gasteiger partial charge in [0, 0.05) is 19.4 Å². The van der Waals surface area contributed by atoms with Crippen LogP contribution >= 0.6 is 11.6 Å². The molecule has 0 atom stereocenters. The highest BCUT2D eigenvalue weighted by atomic mass is 35.5. The second-order valence-corrected chi connectivity index (χ2v) is 4.48. The molecule has 0 unspecified atom stereocenters. The number of aromatic nitrogens is 2. The van der Waals surface area contributed by atoms with Crippen LogP contribution in [0.1, 0.15) is 37.2 Å². The average Bonchev–Trinajstić information content (AvgIpc) is 2.43. The maximum Gasteiger partial charge on any atom is 0.303 e. The highest BCUT2D eigenvalue weighted by Crippen LogP contribution is 2.24. The van der Waals surface area contributed by atoms with E-state index >= 15 is 0 Å². The summed E-state index contributed by atoms with van der Waals surface area (Å²) in [6, 6.07) is 0. The number of fused-ring (bicyclic) bond motifs is 1. The quantitative estimate of drug-likeness (QED) is 0.885. The molecule has 0 aromatic carbocycles. The highest BCUT2D eigenvalue weighted by molar-refractivity contribution is 6.30. The Morgan fingerprint density at radius 2 is 2.25 bits per heavy atom. The van der Waals surface area contributed by atoms with Gasteiger partial charge in [0.05, 0.1) is 12.1 Å². The van der Waals surface area contributed by atoms with Crippen molar-refractivity contribution in [1.82, 2.24) is 9.55 Å². The van der Waals surface area contributed by atoms with Crippen molar-refractivity contribution in [1.29, 1.82) is 0 Å². The minimum absolute atomic E-state index is 0.0934. The molecule has 1 aliphatic rings. The van der Waals surface area contributed by atoms with Gasteiger partial charge in [-0.05, 0) is 12.8 Å². The van der Waals surface area contributed by atoms with Gasteiger partial charge in [-0.3, -0.25) is 4.79 Å². The van der Waals surface area contributed by atoms with Crippen molar-refractivity contribution in [2.45, 2.75) is 45.1 Å². The molecule has 1 aromatic rings. The zero-order valence-electron chi connectivity index (χ0n) is 9.08. The first-order valence-corrected chi connectivity index (χ1v) is 6.02. The van der Waals surface area contributed by atoms with Crippen LogP contribution in [0.3, 0.4) is 0 Å². The van der Waals surface area contributed by atoms with E-state index in [4.69, 9.17) is 16.7 Å². The summed E-state index contributed by atoms with van der Waals surface area (Å²) < 4.78 is 2.03. The van der Waals surface area contributed by atoms with Gasteiger partial charge in [-0.1, -0.05) is 18.0 Å². The van der Waals surface area contributed by atoms with Crippen LogP contribution in [0.4, 0.5) is 0 Å². The molecule has 88 valence electrons. The SMILES string of the molecule is O=C(O)CCc1nc2n(c1Cl)CCCCC2. The highest BCUT2D eigenvalue weighted by Gasteiger charge is 2.17. The summed E-state index contributed by atoms with van der Waals surface area (Å²) in [5.41, 5.74) is 0.737. The molecule has 4 nitrogen and oxygen atoms in total. The van der Waals surface area contributed by atoms with Crippen molar-refractivity contribution in [3.05, 3.63) is 16.7 Å². The summed E-state index contributed by atoms with van der Waals surface area (Å²) in [4.78, 5) is 15.0. The topological polar surface area (TPSA) is 55.1 Å². The summed E-state index contributed by atoms with van der Waals surface area (Å²) in [5, 5.41) is 9.27. The lowest BCUT2D eigenvalue weighted by Crippen LogP contribution is -2.00. The van der Waals surface area contributed by atoms with E-state index in [1.807, 2.05) is 4.57 Å². The van der Waals surface area contributed by atoms with Crippen LogP contribution in [-0.2, 0) is 24.2 Å². The molecule has 0 amide bonds. The minimum atomic E-state index is -0.806. The molecule has 2 rings (SSSR count). The summed E-state index contributed by atoms with van der Waals surface area (Å²) in [6.07, 6.45) is 4.95. The molecule has 1 aromatic heterocycles. The van der Waals surface area contributed by atoms with E-state index in [1.165, 1.54) is 6.42 Å². The summed E-state index contributed by atoms with van der Waals surface area (Å²) >= 11 is 6.21.